The van der Waals surface area contributed by atoms with Gasteiger partial charge in [-0.2, -0.15) is 0 Å². The summed E-state index contributed by atoms with van der Waals surface area (Å²) in [5.74, 6) is 0. The van der Waals surface area contributed by atoms with Crippen LogP contribution in [0.25, 0.3) is 0 Å². The van der Waals surface area contributed by atoms with Gasteiger partial charge in [-0.15, -0.1) is 0 Å². The van der Waals surface area contributed by atoms with Gasteiger partial charge in [0.2, 0.25) is 0 Å². The van der Waals surface area contributed by atoms with Crippen LogP contribution in [0.2, 0.25) is 0 Å². The molecule has 1 N–H and O–H groups in total. The minimum atomic E-state index is 0.411. The molecule has 0 bridgehead atoms. The lowest BCUT2D eigenvalue weighted by molar-refractivity contribution is 0.152. The molecule has 0 aromatic rings. The van der Waals surface area contributed by atoms with Crippen LogP contribution in [-0.2, 0) is 0 Å². The maximum Gasteiger partial charge on any atom is 0.0110 e. The van der Waals surface area contributed by atoms with Crippen molar-refractivity contribution in [3.8, 4) is 0 Å². The highest BCUT2D eigenvalue weighted by atomic mass is 15.2. The Morgan fingerprint density at radius 3 is 2.25 bits per heavy atom. The second kappa shape index (κ2) is 6.58. The summed E-state index contributed by atoms with van der Waals surface area (Å²) in [5.41, 5.74) is 0.411. The van der Waals surface area contributed by atoms with Crippen LogP contribution in [0.3, 0.4) is 0 Å². The average Bonchev–Trinajstić information content (AvgIpc) is 2.19. The summed E-state index contributed by atoms with van der Waals surface area (Å²) in [4.78, 5) is 4.99. The van der Waals surface area contributed by atoms with Gasteiger partial charge in [0, 0.05) is 26.2 Å². The number of nitrogens with one attached hydrogen (secondary N) is 1. The molecule has 96 valence electrons. The zero-order valence-electron chi connectivity index (χ0n) is 11.6. The first-order valence-corrected chi connectivity index (χ1v) is 6.59. The van der Waals surface area contributed by atoms with Gasteiger partial charge in [-0.05, 0) is 38.5 Å². The van der Waals surface area contributed by atoms with Crippen molar-refractivity contribution in [3.63, 3.8) is 0 Å². The van der Waals surface area contributed by atoms with Gasteiger partial charge >= 0.3 is 0 Å². The number of rotatable bonds is 5. The van der Waals surface area contributed by atoms with Gasteiger partial charge in [0.1, 0.15) is 0 Å². The van der Waals surface area contributed by atoms with Crippen molar-refractivity contribution in [3.05, 3.63) is 0 Å². The Labute approximate surface area is 101 Å². The number of likely N-dealkylation sites (N-methyl/N-ethyl adjacent to an activating group) is 1. The molecule has 1 saturated heterocycles. The Hall–Kier alpha value is -0.120. The first-order valence-electron chi connectivity index (χ1n) is 6.59. The smallest absolute Gasteiger partial charge is 0.0110 e. The van der Waals surface area contributed by atoms with E-state index >= 15 is 0 Å². The molecule has 0 spiro atoms. The third kappa shape index (κ3) is 6.46. The quantitative estimate of drug-likeness (QED) is 0.713. The lowest BCUT2D eigenvalue weighted by Crippen LogP contribution is -2.45. The first kappa shape index (κ1) is 13.9. The van der Waals surface area contributed by atoms with Gasteiger partial charge in [-0.25, -0.2) is 0 Å². The SMILES string of the molecule is CN1CCN(CCCNCC(C)(C)C)CC1. The van der Waals surface area contributed by atoms with Crippen LogP contribution >= 0.6 is 0 Å². The molecule has 3 nitrogen and oxygen atoms in total. The molecule has 0 aliphatic carbocycles. The Bertz CT molecular complexity index is 178. The summed E-state index contributed by atoms with van der Waals surface area (Å²) < 4.78 is 0. The fraction of sp³-hybridized carbons (Fsp3) is 1.00. The normalized spacial score (nSPS) is 20.2. The molecule has 3 heteroatoms. The topological polar surface area (TPSA) is 18.5 Å². The predicted molar refractivity (Wildman–Crippen MR) is 70.9 cm³/mol. The highest BCUT2D eigenvalue weighted by Crippen LogP contribution is 2.10. The van der Waals surface area contributed by atoms with Gasteiger partial charge in [0.25, 0.3) is 0 Å². The molecule has 0 unspecified atom stereocenters. The Balaban J connectivity index is 1.95. The van der Waals surface area contributed by atoms with Crippen LogP contribution in [-0.4, -0.2) is 62.7 Å². The molecule has 1 fully saturated rings. The van der Waals surface area contributed by atoms with E-state index in [1.807, 2.05) is 0 Å². The van der Waals surface area contributed by atoms with Crippen molar-refractivity contribution in [2.45, 2.75) is 27.2 Å². The van der Waals surface area contributed by atoms with Gasteiger partial charge < -0.3 is 15.1 Å². The van der Waals surface area contributed by atoms with E-state index in [4.69, 9.17) is 0 Å². The number of hydrogen-bond donors (Lipinski definition) is 1. The maximum atomic E-state index is 3.54. The van der Waals surface area contributed by atoms with Crippen LogP contribution in [0.1, 0.15) is 27.2 Å². The molecule has 0 aromatic heterocycles. The van der Waals surface area contributed by atoms with Crippen molar-refractivity contribution in [2.75, 3.05) is 52.9 Å². The molecule has 0 saturated carbocycles. The lowest BCUT2D eigenvalue weighted by atomic mass is 9.97. The van der Waals surface area contributed by atoms with Crippen LogP contribution in [0.15, 0.2) is 0 Å². The summed E-state index contributed by atoms with van der Waals surface area (Å²) in [6, 6.07) is 0. The number of hydrogen-bond acceptors (Lipinski definition) is 3. The minimum Gasteiger partial charge on any atom is -0.316 e. The third-order valence-electron chi connectivity index (χ3n) is 3.08. The van der Waals surface area contributed by atoms with Crippen LogP contribution in [0.4, 0.5) is 0 Å². The van der Waals surface area contributed by atoms with Crippen molar-refractivity contribution in [2.24, 2.45) is 5.41 Å². The molecule has 1 aliphatic heterocycles. The fourth-order valence-corrected chi connectivity index (χ4v) is 1.96. The zero-order valence-corrected chi connectivity index (χ0v) is 11.6. The monoisotopic (exact) mass is 227 g/mol. The lowest BCUT2D eigenvalue weighted by Gasteiger charge is -2.32. The molecule has 0 amide bonds. The van der Waals surface area contributed by atoms with Gasteiger partial charge in [-0.3, -0.25) is 0 Å². The maximum absolute atomic E-state index is 3.54. The Kier molecular flexibility index (Phi) is 5.73. The van der Waals surface area contributed by atoms with E-state index in [9.17, 15) is 0 Å². The van der Waals surface area contributed by atoms with E-state index < -0.39 is 0 Å². The van der Waals surface area contributed by atoms with E-state index in [1.54, 1.807) is 0 Å². The van der Waals surface area contributed by atoms with Crippen molar-refractivity contribution < 1.29 is 0 Å². The highest BCUT2D eigenvalue weighted by Gasteiger charge is 2.13. The first-order chi connectivity index (χ1) is 7.47. The standard InChI is InChI=1S/C13H29N3/c1-13(2,3)12-14-6-5-7-16-10-8-15(4)9-11-16/h14H,5-12H2,1-4H3. The molecule has 0 atom stereocenters. The van der Waals surface area contributed by atoms with Crippen molar-refractivity contribution in [1.29, 1.82) is 0 Å². The highest BCUT2D eigenvalue weighted by molar-refractivity contribution is 4.70. The molecule has 0 aromatic carbocycles. The molecule has 16 heavy (non-hydrogen) atoms. The van der Waals surface area contributed by atoms with E-state index in [1.165, 1.54) is 39.1 Å². The molecular weight excluding hydrogens is 198 g/mol. The Morgan fingerprint density at radius 1 is 1.06 bits per heavy atom. The Morgan fingerprint density at radius 2 is 1.69 bits per heavy atom. The predicted octanol–water partition coefficient (Wildman–Crippen LogP) is 1.26. The van der Waals surface area contributed by atoms with Gasteiger partial charge in [-0.1, -0.05) is 20.8 Å². The molecular formula is C13H29N3. The van der Waals surface area contributed by atoms with Gasteiger partial charge in [0.05, 0.1) is 0 Å². The van der Waals surface area contributed by atoms with E-state index in [-0.39, 0.29) is 0 Å². The second-order valence-corrected chi connectivity index (χ2v) is 6.24. The fourth-order valence-electron chi connectivity index (χ4n) is 1.96. The molecule has 1 heterocycles. The van der Waals surface area contributed by atoms with E-state index in [2.05, 4.69) is 42.9 Å². The summed E-state index contributed by atoms with van der Waals surface area (Å²) in [5, 5.41) is 3.54. The number of piperazine rings is 1. The summed E-state index contributed by atoms with van der Waals surface area (Å²) in [6.07, 6.45) is 1.28. The summed E-state index contributed by atoms with van der Waals surface area (Å²) in [6.45, 7) is 15.3. The molecule has 1 rings (SSSR count). The van der Waals surface area contributed by atoms with E-state index in [0.717, 1.165) is 13.1 Å². The van der Waals surface area contributed by atoms with Crippen molar-refractivity contribution in [1.82, 2.24) is 15.1 Å². The van der Waals surface area contributed by atoms with Crippen LogP contribution in [0.5, 0.6) is 0 Å². The summed E-state index contributed by atoms with van der Waals surface area (Å²) >= 11 is 0. The summed E-state index contributed by atoms with van der Waals surface area (Å²) in [7, 11) is 2.21. The van der Waals surface area contributed by atoms with Gasteiger partial charge in [0.15, 0.2) is 0 Å². The van der Waals surface area contributed by atoms with Crippen LogP contribution < -0.4 is 5.32 Å². The van der Waals surface area contributed by atoms with Crippen molar-refractivity contribution >= 4 is 0 Å². The molecule has 1 aliphatic rings. The minimum absolute atomic E-state index is 0.411. The average molecular weight is 227 g/mol. The zero-order chi connectivity index (χ0) is 12.0. The molecule has 0 radical (unpaired) electrons. The number of nitrogens with zero attached hydrogens (tertiary/aromatic N) is 2. The second-order valence-electron chi connectivity index (χ2n) is 6.24. The third-order valence-corrected chi connectivity index (χ3v) is 3.08. The largest absolute Gasteiger partial charge is 0.316 e. The van der Waals surface area contributed by atoms with E-state index in [0.29, 0.717) is 5.41 Å². The van der Waals surface area contributed by atoms with Crippen LogP contribution in [0, 0.1) is 5.41 Å².